The maximum atomic E-state index is 4.48. The minimum absolute atomic E-state index is 0.847. The standard InChI is InChI=1S/C20H14N4/c1-7-21-8-2-15(1)17-5-11-23-19(13-17)20-14-18(6-12-24-20)16-3-9-22-10-4-16/h1-14H. The molecule has 0 aliphatic carbocycles. The molecule has 114 valence electrons. The molecule has 0 aliphatic rings. The maximum Gasteiger partial charge on any atom is 0.0892 e. The average molecular weight is 310 g/mol. The SMILES string of the molecule is c1cc(-c2ccnc(-c3cc(-c4ccncc4)ccn3)c2)ccn1. The Hall–Kier alpha value is -3.40. The van der Waals surface area contributed by atoms with Crippen LogP contribution >= 0.6 is 0 Å². The Bertz CT molecular complexity index is 872. The first-order chi connectivity index (χ1) is 11.9. The summed E-state index contributed by atoms with van der Waals surface area (Å²) in [4.78, 5) is 17.1. The van der Waals surface area contributed by atoms with Gasteiger partial charge in [0.25, 0.3) is 0 Å². The van der Waals surface area contributed by atoms with Crippen molar-refractivity contribution in [2.45, 2.75) is 0 Å². The van der Waals surface area contributed by atoms with Gasteiger partial charge in [-0.2, -0.15) is 0 Å². The highest BCUT2D eigenvalue weighted by Gasteiger charge is 2.06. The summed E-state index contributed by atoms with van der Waals surface area (Å²) < 4.78 is 0. The Morgan fingerprint density at radius 1 is 0.417 bits per heavy atom. The largest absolute Gasteiger partial charge is 0.265 e. The average Bonchev–Trinajstić information content (AvgIpc) is 2.70. The quantitative estimate of drug-likeness (QED) is 0.567. The highest BCUT2D eigenvalue weighted by atomic mass is 14.8. The summed E-state index contributed by atoms with van der Waals surface area (Å²) in [5, 5.41) is 0. The third-order valence-corrected chi connectivity index (χ3v) is 3.81. The molecule has 0 amide bonds. The van der Waals surface area contributed by atoms with E-state index in [1.54, 1.807) is 24.8 Å². The van der Waals surface area contributed by atoms with E-state index < -0.39 is 0 Å². The van der Waals surface area contributed by atoms with Crippen molar-refractivity contribution in [2.75, 3.05) is 0 Å². The summed E-state index contributed by atoms with van der Waals surface area (Å²) in [5.41, 5.74) is 6.11. The molecule has 0 spiro atoms. The molecule has 4 nitrogen and oxygen atoms in total. The van der Waals surface area contributed by atoms with Gasteiger partial charge >= 0.3 is 0 Å². The van der Waals surface area contributed by atoms with Gasteiger partial charge in [0.05, 0.1) is 11.4 Å². The van der Waals surface area contributed by atoms with Crippen LogP contribution in [0.15, 0.2) is 85.7 Å². The van der Waals surface area contributed by atoms with E-state index in [1.165, 1.54) is 0 Å². The molecule has 0 unspecified atom stereocenters. The molecule has 0 atom stereocenters. The molecule has 0 bridgehead atoms. The summed E-state index contributed by atoms with van der Waals surface area (Å²) in [6, 6.07) is 16.0. The lowest BCUT2D eigenvalue weighted by molar-refractivity contribution is 1.24. The van der Waals surface area contributed by atoms with Crippen LogP contribution in [0.4, 0.5) is 0 Å². The first-order valence-electron chi connectivity index (χ1n) is 7.63. The molecule has 0 fully saturated rings. The van der Waals surface area contributed by atoms with Gasteiger partial charge in [-0.05, 0) is 70.8 Å². The molecule has 0 saturated heterocycles. The van der Waals surface area contributed by atoms with Crippen LogP contribution in [0.1, 0.15) is 0 Å². The lowest BCUT2D eigenvalue weighted by atomic mass is 10.0. The fraction of sp³-hybridized carbons (Fsp3) is 0. The fourth-order valence-corrected chi connectivity index (χ4v) is 2.59. The monoisotopic (exact) mass is 310 g/mol. The van der Waals surface area contributed by atoms with E-state index in [9.17, 15) is 0 Å². The van der Waals surface area contributed by atoms with Gasteiger partial charge in [-0.3, -0.25) is 19.9 Å². The maximum absolute atomic E-state index is 4.48. The van der Waals surface area contributed by atoms with E-state index in [2.05, 4.69) is 19.9 Å². The molecule has 4 aromatic heterocycles. The van der Waals surface area contributed by atoms with Crippen LogP contribution in [0.25, 0.3) is 33.6 Å². The van der Waals surface area contributed by atoms with Crippen molar-refractivity contribution in [3.05, 3.63) is 85.7 Å². The normalized spacial score (nSPS) is 10.5. The number of nitrogens with zero attached hydrogens (tertiary/aromatic N) is 4. The first kappa shape index (κ1) is 14.2. The van der Waals surface area contributed by atoms with Gasteiger partial charge in [-0.25, -0.2) is 0 Å². The Balaban J connectivity index is 1.75. The summed E-state index contributed by atoms with van der Waals surface area (Å²) in [6.07, 6.45) is 10.8. The van der Waals surface area contributed by atoms with Gasteiger partial charge in [-0.15, -0.1) is 0 Å². The van der Waals surface area contributed by atoms with Crippen LogP contribution in [-0.2, 0) is 0 Å². The van der Waals surface area contributed by atoms with Crippen LogP contribution in [-0.4, -0.2) is 19.9 Å². The fourth-order valence-electron chi connectivity index (χ4n) is 2.59. The van der Waals surface area contributed by atoms with Crippen LogP contribution in [0, 0.1) is 0 Å². The summed E-state index contributed by atoms with van der Waals surface area (Å²) in [6.45, 7) is 0. The van der Waals surface area contributed by atoms with Crippen LogP contribution in [0.3, 0.4) is 0 Å². The molecule has 4 rings (SSSR count). The van der Waals surface area contributed by atoms with Gasteiger partial charge in [0.1, 0.15) is 0 Å². The van der Waals surface area contributed by atoms with Crippen LogP contribution in [0.5, 0.6) is 0 Å². The zero-order valence-corrected chi connectivity index (χ0v) is 12.9. The van der Waals surface area contributed by atoms with E-state index in [4.69, 9.17) is 0 Å². The molecule has 0 aliphatic heterocycles. The Morgan fingerprint density at radius 2 is 0.792 bits per heavy atom. The number of rotatable bonds is 3. The van der Waals surface area contributed by atoms with E-state index in [0.29, 0.717) is 0 Å². The van der Waals surface area contributed by atoms with Crippen molar-refractivity contribution in [3.8, 4) is 33.6 Å². The number of pyridine rings is 4. The highest BCUT2D eigenvalue weighted by Crippen LogP contribution is 2.26. The second kappa shape index (κ2) is 6.38. The molecule has 0 N–H and O–H groups in total. The second-order valence-electron chi connectivity index (χ2n) is 5.33. The number of hydrogen-bond donors (Lipinski definition) is 0. The minimum atomic E-state index is 0.847. The first-order valence-corrected chi connectivity index (χ1v) is 7.63. The van der Waals surface area contributed by atoms with Gasteiger partial charge in [0.15, 0.2) is 0 Å². The Labute approximate surface area is 139 Å². The summed E-state index contributed by atoms with van der Waals surface area (Å²) in [5.74, 6) is 0. The molecule has 0 radical (unpaired) electrons. The zero-order valence-electron chi connectivity index (χ0n) is 12.9. The second-order valence-corrected chi connectivity index (χ2v) is 5.33. The van der Waals surface area contributed by atoms with E-state index in [-0.39, 0.29) is 0 Å². The van der Waals surface area contributed by atoms with Crippen molar-refractivity contribution >= 4 is 0 Å². The highest BCUT2D eigenvalue weighted by molar-refractivity contribution is 5.72. The molecule has 24 heavy (non-hydrogen) atoms. The third kappa shape index (κ3) is 2.90. The smallest absolute Gasteiger partial charge is 0.0892 e. The Morgan fingerprint density at radius 3 is 1.21 bits per heavy atom. The van der Waals surface area contributed by atoms with Crippen molar-refractivity contribution in [1.82, 2.24) is 19.9 Å². The minimum Gasteiger partial charge on any atom is -0.265 e. The summed E-state index contributed by atoms with van der Waals surface area (Å²) in [7, 11) is 0. The van der Waals surface area contributed by atoms with Gasteiger partial charge < -0.3 is 0 Å². The molecular weight excluding hydrogens is 296 g/mol. The lowest BCUT2D eigenvalue weighted by Crippen LogP contribution is -1.89. The predicted octanol–water partition coefficient (Wildman–Crippen LogP) is 4.27. The van der Waals surface area contributed by atoms with Gasteiger partial charge in [-0.1, -0.05) is 0 Å². The Kier molecular flexibility index (Phi) is 3.78. The van der Waals surface area contributed by atoms with Crippen molar-refractivity contribution in [1.29, 1.82) is 0 Å². The number of aromatic nitrogens is 4. The predicted molar refractivity (Wildman–Crippen MR) is 93.9 cm³/mol. The third-order valence-electron chi connectivity index (χ3n) is 3.81. The molecule has 0 saturated carbocycles. The lowest BCUT2D eigenvalue weighted by Gasteiger charge is -2.06. The number of hydrogen-bond acceptors (Lipinski definition) is 4. The molecule has 4 aromatic rings. The van der Waals surface area contributed by atoms with E-state index >= 15 is 0 Å². The molecule has 4 heterocycles. The van der Waals surface area contributed by atoms with Crippen LogP contribution < -0.4 is 0 Å². The molecule has 4 heteroatoms. The van der Waals surface area contributed by atoms with E-state index in [0.717, 1.165) is 33.6 Å². The van der Waals surface area contributed by atoms with Crippen molar-refractivity contribution in [2.24, 2.45) is 0 Å². The van der Waals surface area contributed by atoms with Gasteiger partial charge in [0, 0.05) is 37.2 Å². The topological polar surface area (TPSA) is 51.6 Å². The van der Waals surface area contributed by atoms with Crippen molar-refractivity contribution in [3.63, 3.8) is 0 Å². The molecule has 0 aromatic carbocycles. The van der Waals surface area contributed by atoms with Crippen LogP contribution in [0.2, 0.25) is 0 Å². The molecular formula is C20H14N4. The van der Waals surface area contributed by atoms with E-state index in [1.807, 2.05) is 60.9 Å². The van der Waals surface area contributed by atoms with Crippen molar-refractivity contribution < 1.29 is 0 Å². The summed E-state index contributed by atoms with van der Waals surface area (Å²) >= 11 is 0. The zero-order chi connectivity index (χ0) is 16.2. The van der Waals surface area contributed by atoms with Gasteiger partial charge in [0.2, 0.25) is 0 Å².